The Hall–Kier alpha value is -2.10. The number of furan rings is 1. The lowest BCUT2D eigenvalue weighted by atomic mass is 10.2. The third kappa shape index (κ3) is 6.81. The van der Waals surface area contributed by atoms with Gasteiger partial charge in [0.2, 0.25) is 5.91 Å². The molecule has 0 radical (unpaired) electrons. The van der Waals surface area contributed by atoms with Gasteiger partial charge in [-0.2, -0.15) is 0 Å². The Labute approximate surface area is 175 Å². The van der Waals surface area contributed by atoms with Crippen LogP contribution < -0.4 is 16.4 Å². The van der Waals surface area contributed by atoms with Crippen molar-refractivity contribution in [2.45, 2.75) is 6.54 Å². The lowest BCUT2D eigenvalue weighted by Gasteiger charge is -2.25. The number of halogens is 2. The molecule has 1 aliphatic heterocycles. The lowest BCUT2D eigenvalue weighted by Crippen LogP contribution is -2.41. The van der Waals surface area contributed by atoms with Crippen LogP contribution in [0.15, 0.2) is 41.0 Å². The van der Waals surface area contributed by atoms with Gasteiger partial charge < -0.3 is 25.5 Å². The number of nitrogens with one attached hydrogen (secondary N) is 2. The van der Waals surface area contributed by atoms with Gasteiger partial charge in [0.25, 0.3) is 5.91 Å². The van der Waals surface area contributed by atoms with E-state index in [0.717, 1.165) is 13.1 Å². The van der Waals surface area contributed by atoms with Crippen LogP contribution in [0.25, 0.3) is 0 Å². The molecule has 1 saturated heterocycles. The van der Waals surface area contributed by atoms with Crippen molar-refractivity contribution in [1.82, 2.24) is 4.90 Å². The van der Waals surface area contributed by atoms with E-state index in [1.807, 2.05) is 4.90 Å². The highest BCUT2D eigenvalue weighted by atomic mass is 35.5. The number of hydrogen-bond acceptors (Lipinski definition) is 6. The van der Waals surface area contributed by atoms with Crippen molar-refractivity contribution in [3.8, 4) is 0 Å². The summed E-state index contributed by atoms with van der Waals surface area (Å²) in [4.78, 5) is 26.3. The zero-order valence-corrected chi connectivity index (χ0v) is 16.8. The number of amides is 2. The molecule has 0 aliphatic carbocycles. The molecule has 0 unspecified atom stereocenters. The third-order valence-corrected chi connectivity index (χ3v) is 4.01. The molecule has 0 spiro atoms. The lowest BCUT2D eigenvalue weighted by molar-refractivity contribution is -0.118. The van der Waals surface area contributed by atoms with Crippen molar-refractivity contribution in [2.75, 3.05) is 43.5 Å². The maximum absolute atomic E-state index is 12.1. The van der Waals surface area contributed by atoms with Crippen LogP contribution in [0.2, 0.25) is 0 Å². The second-order valence-electron chi connectivity index (χ2n) is 5.97. The monoisotopic (exact) mass is 430 g/mol. The minimum Gasteiger partial charge on any atom is -0.467 e. The average Bonchev–Trinajstić information content (AvgIpc) is 3.13. The zero-order chi connectivity index (χ0) is 18.4. The Morgan fingerprint density at radius 1 is 1.04 bits per heavy atom. The second-order valence-corrected chi connectivity index (χ2v) is 5.97. The van der Waals surface area contributed by atoms with Crippen molar-refractivity contribution in [2.24, 2.45) is 5.73 Å². The van der Waals surface area contributed by atoms with E-state index in [2.05, 4.69) is 10.6 Å². The number of morpholine rings is 1. The molecule has 4 N–H and O–H groups in total. The number of benzene rings is 1. The zero-order valence-electron chi connectivity index (χ0n) is 15.2. The summed E-state index contributed by atoms with van der Waals surface area (Å²) in [6.07, 6.45) is 1.37. The Morgan fingerprint density at radius 3 is 2.21 bits per heavy atom. The van der Waals surface area contributed by atoms with E-state index < -0.39 is 0 Å². The number of nitrogens with zero attached hydrogens (tertiary/aromatic N) is 1. The molecule has 1 aromatic heterocycles. The van der Waals surface area contributed by atoms with Gasteiger partial charge in [-0.3, -0.25) is 14.5 Å². The maximum atomic E-state index is 12.1. The van der Waals surface area contributed by atoms with Gasteiger partial charge >= 0.3 is 0 Å². The van der Waals surface area contributed by atoms with Crippen molar-refractivity contribution in [3.63, 3.8) is 0 Å². The van der Waals surface area contributed by atoms with Crippen molar-refractivity contribution in [3.05, 3.63) is 47.9 Å². The number of rotatable bonds is 6. The van der Waals surface area contributed by atoms with Crippen molar-refractivity contribution < 1.29 is 18.7 Å². The molecule has 2 amide bonds. The van der Waals surface area contributed by atoms with Crippen LogP contribution in [0.3, 0.4) is 0 Å². The van der Waals surface area contributed by atoms with Crippen LogP contribution in [0.5, 0.6) is 0 Å². The number of hydrogen-bond donors (Lipinski definition) is 3. The first-order valence-corrected chi connectivity index (χ1v) is 8.43. The maximum Gasteiger partial charge on any atom is 0.258 e. The van der Waals surface area contributed by atoms with Crippen LogP contribution in [-0.2, 0) is 16.1 Å². The summed E-state index contributed by atoms with van der Waals surface area (Å²) in [5.41, 5.74) is 7.17. The topological polar surface area (TPSA) is 110 Å². The van der Waals surface area contributed by atoms with E-state index in [4.69, 9.17) is 14.9 Å². The van der Waals surface area contributed by atoms with Crippen LogP contribution in [0.1, 0.15) is 16.1 Å². The van der Waals surface area contributed by atoms with Crippen LogP contribution in [-0.4, -0.2) is 49.6 Å². The first-order valence-electron chi connectivity index (χ1n) is 8.43. The molecule has 0 bridgehead atoms. The van der Waals surface area contributed by atoms with E-state index in [9.17, 15) is 9.59 Å². The highest BCUT2D eigenvalue weighted by Crippen LogP contribution is 2.16. The van der Waals surface area contributed by atoms with Gasteiger partial charge in [-0.05, 0) is 30.3 Å². The molecule has 28 heavy (non-hydrogen) atoms. The Morgan fingerprint density at radius 2 is 1.64 bits per heavy atom. The minimum atomic E-state index is -0.280. The summed E-state index contributed by atoms with van der Waals surface area (Å²) in [6, 6.07) is 8.55. The van der Waals surface area contributed by atoms with Gasteiger partial charge in [-0.1, -0.05) is 0 Å². The van der Waals surface area contributed by atoms with Crippen molar-refractivity contribution >= 4 is 48.0 Å². The van der Waals surface area contributed by atoms with Crippen molar-refractivity contribution in [1.29, 1.82) is 0 Å². The predicted molar refractivity (Wildman–Crippen MR) is 111 cm³/mol. The molecule has 1 aromatic carbocycles. The Balaban J connectivity index is 0.00000196. The molecule has 0 atom stereocenters. The van der Waals surface area contributed by atoms with Gasteiger partial charge in [-0.15, -0.1) is 24.8 Å². The summed E-state index contributed by atoms with van der Waals surface area (Å²) in [5.74, 6) is 0.197. The number of nitrogens with two attached hydrogens (primary N) is 1. The first kappa shape index (κ1) is 23.9. The summed E-state index contributed by atoms with van der Waals surface area (Å²) < 4.78 is 10.4. The summed E-state index contributed by atoms with van der Waals surface area (Å²) in [7, 11) is 0. The number of carbonyl (C=O) groups is 2. The van der Waals surface area contributed by atoms with Gasteiger partial charge in [0.15, 0.2) is 0 Å². The smallest absolute Gasteiger partial charge is 0.258 e. The normalized spacial score (nSPS) is 13.8. The SMILES string of the molecule is Cl.Cl.NCc1cc(C(=O)Nc2ccc(NC(=O)CN3CCOCC3)cc2)co1. The molecule has 154 valence electrons. The highest BCUT2D eigenvalue weighted by Gasteiger charge is 2.14. The van der Waals surface area contributed by atoms with E-state index >= 15 is 0 Å². The number of carbonyl (C=O) groups excluding carboxylic acids is 2. The fourth-order valence-electron chi connectivity index (χ4n) is 2.61. The van der Waals surface area contributed by atoms with E-state index in [1.165, 1.54) is 6.26 Å². The largest absolute Gasteiger partial charge is 0.467 e. The molecule has 0 saturated carbocycles. The van der Waals surface area contributed by atoms with Gasteiger partial charge in [0, 0.05) is 24.5 Å². The third-order valence-electron chi connectivity index (χ3n) is 4.01. The Kier molecular flexibility index (Phi) is 9.98. The van der Waals surface area contributed by atoms with E-state index in [-0.39, 0.29) is 43.2 Å². The predicted octanol–water partition coefficient (Wildman–Crippen LogP) is 2.10. The number of ether oxygens (including phenoxy) is 1. The van der Waals surface area contributed by atoms with Gasteiger partial charge in [-0.25, -0.2) is 0 Å². The van der Waals surface area contributed by atoms with Gasteiger partial charge in [0.05, 0.1) is 31.9 Å². The molecule has 1 fully saturated rings. The quantitative estimate of drug-likeness (QED) is 0.647. The molecule has 3 rings (SSSR count). The average molecular weight is 431 g/mol. The summed E-state index contributed by atoms with van der Waals surface area (Å²) in [6.45, 7) is 3.42. The fourth-order valence-corrected chi connectivity index (χ4v) is 2.61. The second kappa shape index (κ2) is 11.7. The molecular formula is C18H24Cl2N4O4. The summed E-state index contributed by atoms with van der Waals surface area (Å²) in [5, 5.41) is 5.62. The fraction of sp³-hybridized carbons (Fsp3) is 0.333. The molecule has 8 nitrogen and oxygen atoms in total. The molecule has 2 aromatic rings. The molecule has 1 aliphatic rings. The van der Waals surface area contributed by atoms with Crippen LogP contribution in [0.4, 0.5) is 11.4 Å². The van der Waals surface area contributed by atoms with Crippen LogP contribution >= 0.6 is 24.8 Å². The Bertz CT molecular complexity index is 761. The molecular weight excluding hydrogens is 407 g/mol. The molecule has 10 heteroatoms. The van der Waals surface area contributed by atoms with Gasteiger partial charge in [0.1, 0.15) is 12.0 Å². The number of anilines is 2. The standard InChI is InChI=1S/C18H22N4O4.2ClH/c19-10-16-9-13(12-26-16)18(24)21-15-3-1-14(2-4-15)20-17(23)11-22-5-7-25-8-6-22;;/h1-4,9,12H,5-8,10-11,19H2,(H,20,23)(H,21,24);2*1H. The highest BCUT2D eigenvalue weighted by molar-refractivity contribution is 6.04. The molecule has 2 heterocycles. The summed E-state index contributed by atoms with van der Waals surface area (Å²) >= 11 is 0. The minimum absolute atomic E-state index is 0. The van der Waals surface area contributed by atoms with Crippen LogP contribution in [0, 0.1) is 0 Å². The first-order chi connectivity index (χ1) is 12.6. The van der Waals surface area contributed by atoms with E-state index in [1.54, 1.807) is 30.3 Å². The van der Waals surface area contributed by atoms with E-state index in [0.29, 0.717) is 42.5 Å².